The number of esters is 1. The minimum atomic E-state index is -5.16. The first-order chi connectivity index (χ1) is 16.5. The van der Waals surface area contributed by atoms with Crippen LogP contribution in [0.2, 0.25) is 0 Å². The Morgan fingerprint density at radius 3 is 2.51 bits per heavy atom. The molecule has 3 unspecified atom stereocenters. The van der Waals surface area contributed by atoms with E-state index in [2.05, 4.69) is 15.0 Å². The molecule has 1 aromatic carbocycles. The van der Waals surface area contributed by atoms with Crippen LogP contribution < -0.4 is 15.8 Å². The van der Waals surface area contributed by atoms with Gasteiger partial charge >= 0.3 is 18.1 Å². The van der Waals surface area contributed by atoms with E-state index in [0.29, 0.717) is 10.5 Å². The summed E-state index contributed by atoms with van der Waals surface area (Å²) in [6.45, 7) is 0. The second-order valence-electron chi connectivity index (χ2n) is 7.33. The van der Waals surface area contributed by atoms with Crippen LogP contribution >= 0.6 is 23.1 Å². The van der Waals surface area contributed by atoms with Crippen LogP contribution in [-0.4, -0.2) is 62.1 Å². The lowest BCUT2D eigenvalue weighted by Crippen LogP contribution is -2.70. The average Bonchev–Trinajstić information content (AvgIpc) is 3.35. The van der Waals surface area contributed by atoms with Crippen LogP contribution in [0.25, 0.3) is 5.57 Å². The number of rotatable bonds is 6. The Labute approximate surface area is 202 Å². The first-order valence-corrected chi connectivity index (χ1v) is 11.7. The van der Waals surface area contributed by atoms with Crippen molar-refractivity contribution in [2.75, 3.05) is 5.75 Å². The number of alkyl halides is 3. The van der Waals surface area contributed by atoms with Crippen molar-refractivity contribution in [2.24, 2.45) is 5.73 Å². The zero-order chi connectivity index (χ0) is 25.5. The Kier molecular flexibility index (Phi) is 6.57. The maximum atomic E-state index is 12.8. The Hall–Kier alpha value is -3.43. The number of aliphatic carboxylic acids is 1. The van der Waals surface area contributed by atoms with Crippen molar-refractivity contribution >= 4 is 52.4 Å². The van der Waals surface area contributed by atoms with E-state index in [-0.39, 0.29) is 17.0 Å². The number of thiazole rings is 1. The standard InChI is InChI=1S/C20H15F3N4O6S2/c21-20(22,23)19(32)33-9-3-1-8(2-4-9)12(24)15(28)26-13-16(29)27-14(18(30)31)10(6-34-17(13)27)11-5-25-7-35-11/h1-5,7,12-13,17H,6,24H2,(H,26,28)(H,30,31). The molecule has 184 valence electrons. The minimum absolute atomic E-state index is 0.165. The first-order valence-electron chi connectivity index (χ1n) is 9.74. The summed E-state index contributed by atoms with van der Waals surface area (Å²) in [6.07, 6.45) is -3.64. The van der Waals surface area contributed by atoms with E-state index in [1.807, 2.05) is 0 Å². The number of nitrogens with zero attached hydrogens (tertiary/aromatic N) is 2. The average molecular weight is 528 g/mol. The van der Waals surface area contributed by atoms with Gasteiger partial charge in [-0.15, -0.1) is 23.1 Å². The van der Waals surface area contributed by atoms with Gasteiger partial charge in [-0.1, -0.05) is 12.1 Å². The Bertz CT molecular complexity index is 1220. The molecule has 3 heterocycles. The van der Waals surface area contributed by atoms with Crippen LogP contribution in [0, 0.1) is 0 Å². The van der Waals surface area contributed by atoms with Crippen molar-refractivity contribution < 1.29 is 42.2 Å². The zero-order valence-electron chi connectivity index (χ0n) is 17.3. The van der Waals surface area contributed by atoms with Crippen LogP contribution in [0.1, 0.15) is 16.5 Å². The number of carboxylic acids is 1. The van der Waals surface area contributed by atoms with Gasteiger partial charge in [0.15, 0.2) is 0 Å². The monoisotopic (exact) mass is 528 g/mol. The molecule has 1 fully saturated rings. The fourth-order valence-electron chi connectivity index (χ4n) is 3.48. The summed E-state index contributed by atoms with van der Waals surface area (Å²) >= 11 is 2.52. The number of carboxylic acid groups (broad SMARTS) is 1. The summed E-state index contributed by atoms with van der Waals surface area (Å²) in [6, 6.07) is 2.21. The molecule has 4 rings (SSSR count). The van der Waals surface area contributed by atoms with Crippen LogP contribution in [0.15, 0.2) is 41.7 Å². The molecular weight excluding hydrogens is 513 g/mol. The summed E-state index contributed by atoms with van der Waals surface area (Å²) in [5.41, 5.74) is 7.95. The number of halogens is 3. The Morgan fingerprint density at radius 2 is 1.94 bits per heavy atom. The van der Waals surface area contributed by atoms with Gasteiger partial charge in [-0.3, -0.25) is 19.5 Å². The summed E-state index contributed by atoms with van der Waals surface area (Å²) in [4.78, 5) is 53.9. The molecule has 0 bridgehead atoms. The summed E-state index contributed by atoms with van der Waals surface area (Å²) in [7, 11) is 0. The summed E-state index contributed by atoms with van der Waals surface area (Å²) in [5.74, 6) is -5.14. The number of benzene rings is 1. The fraction of sp³-hybridized carbons (Fsp3) is 0.250. The quantitative estimate of drug-likeness (QED) is 0.288. The number of β-lactam (4-membered cyclic amide) rings is 1. The van der Waals surface area contributed by atoms with Crippen molar-refractivity contribution in [3.8, 4) is 5.75 Å². The van der Waals surface area contributed by atoms with E-state index >= 15 is 0 Å². The third kappa shape index (κ3) is 4.74. The topological polar surface area (TPSA) is 152 Å². The Morgan fingerprint density at radius 1 is 1.26 bits per heavy atom. The Balaban J connectivity index is 1.43. The predicted molar refractivity (Wildman–Crippen MR) is 117 cm³/mol. The molecule has 15 heteroatoms. The summed E-state index contributed by atoms with van der Waals surface area (Å²) < 4.78 is 41.1. The lowest BCUT2D eigenvalue weighted by atomic mass is 10.0. The minimum Gasteiger partial charge on any atom is -0.477 e. The van der Waals surface area contributed by atoms with Gasteiger partial charge in [-0.05, 0) is 17.7 Å². The SMILES string of the molecule is NC(C(=O)NC1C(=O)N2C(C(=O)O)=C(c3cncs3)CSC12)c1ccc(OC(=O)C(F)(F)F)cc1. The highest BCUT2D eigenvalue weighted by Crippen LogP contribution is 2.44. The van der Waals surface area contributed by atoms with Gasteiger partial charge < -0.3 is 20.9 Å². The lowest BCUT2D eigenvalue weighted by molar-refractivity contribution is -0.189. The third-order valence-corrected chi connectivity index (χ3v) is 7.27. The highest BCUT2D eigenvalue weighted by atomic mass is 32.2. The number of hydrogen-bond donors (Lipinski definition) is 3. The van der Waals surface area contributed by atoms with Gasteiger partial charge in [0.1, 0.15) is 28.9 Å². The van der Waals surface area contributed by atoms with E-state index in [9.17, 15) is 37.5 Å². The van der Waals surface area contributed by atoms with E-state index in [4.69, 9.17) is 5.73 Å². The molecular formula is C20H15F3N4O6S2. The number of hydrogen-bond acceptors (Lipinski definition) is 9. The predicted octanol–water partition coefficient (Wildman–Crippen LogP) is 1.51. The van der Waals surface area contributed by atoms with Gasteiger partial charge in [0.05, 0.1) is 10.4 Å². The van der Waals surface area contributed by atoms with Gasteiger partial charge in [-0.25, -0.2) is 9.59 Å². The molecule has 1 aromatic heterocycles. The van der Waals surface area contributed by atoms with Crippen molar-refractivity contribution in [3.63, 3.8) is 0 Å². The van der Waals surface area contributed by atoms with Crippen molar-refractivity contribution in [1.82, 2.24) is 15.2 Å². The molecule has 2 aromatic rings. The number of aromatic nitrogens is 1. The number of thioether (sulfide) groups is 1. The molecule has 2 amide bonds. The molecule has 4 N–H and O–H groups in total. The van der Waals surface area contributed by atoms with E-state index in [1.54, 1.807) is 5.51 Å². The number of carbonyl (C=O) groups is 4. The van der Waals surface area contributed by atoms with Crippen molar-refractivity contribution in [3.05, 3.63) is 52.1 Å². The van der Waals surface area contributed by atoms with Crippen LogP contribution in [0.4, 0.5) is 13.2 Å². The second kappa shape index (κ2) is 9.31. The molecule has 0 aliphatic carbocycles. The molecule has 2 aliphatic heterocycles. The van der Waals surface area contributed by atoms with E-state index in [0.717, 1.165) is 17.0 Å². The molecule has 0 spiro atoms. The van der Waals surface area contributed by atoms with E-state index in [1.165, 1.54) is 41.4 Å². The molecule has 2 aliphatic rings. The number of fused-ring (bicyclic) bond motifs is 1. The highest BCUT2D eigenvalue weighted by Gasteiger charge is 2.54. The normalized spacial score (nSPS) is 20.6. The fourth-order valence-corrected chi connectivity index (χ4v) is 5.60. The third-order valence-electron chi connectivity index (χ3n) is 5.16. The lowest BCUT2D eigenvalue weighted by Gasteiger charge is -2.49. The molecule has 10 nitrogen and oxygen atoms in total. The number of ether oxygens (including phenoxy) is 1. The first kappa shape index (κ1) is 24.7. The molecule has 3 atom stereocenters. The van der Waals surface area contributed by atoms with Gasteiger partial charge in [-0.2, -0.15) is 13.2 Å². The maximum Gasteiger partial charge on any atom is 0.491 e. The molecule has 35 heavy (non-hydrogen) atoms. The second-order valence-corrected chi connectivity index (χ2v) is 9.32. The van der Waals surface area contributed by atoms with Crippen molar-refractivity contribution in [2.45, 2.75) is 23.6 Å². The maximum absolute atomic E-state index is 12.8. The largest absolute Gasteiger partial charge is 0.491 e. The number of nitrogens with one attached hydrogen (secondary N) is 1. The number of amides is 2. The smallest absolute Gasteiger partial charge is 0.477 e. The number of nitrogens with two attached hydrogens (primary N) is 1. The van der Waals surface area contributed by atoms with Gasteiger partial charge in [0, 0.05) is 17.5 Å². The van der Waals surface area contributed by atoms with Gasteiger partial charge in [0.25, 0.3) is 5.91 Å². The van der Waals surface area contributed by atoms with Crippen molar-refractivity contribution in [1.29, 1.82) is 0 Å². The van der Waals surface area contributed by atoms with Crippen LogP contribution in [-0.2, 0) is 19.2 Å². The van der Waals surface area contributed by atoms with Crippen LogP contribution in [0.5, 0.6) is 5.75 Å². The molecule has 0 radical (unpaired) electrons. The van der Waals surface area contributed by atoms with Gasteiger partial charge in [0.2, 0.25) is 5.91 Å². The highest BCUT2D eigenvalue weighted by molar-refractivity contribution is 8.00. The molecule has 1 saturated heterocycles. The van der Waals surface area contributed by atoms with E-state index < -0.39 is 53.1 Å². The summed E-state index contributed by atoms with van der Waals surface area (Å²) in [5, 5.41) is 11.6. The molecule has 0 saturated carbocycles. The van der Waals surface area contributed by atoms with Crippen LogP contribution in [0.3, 0.4) is 0 Å². The zero-order valence-corrected chi connectivity index (χ0v) is 18.9. The number of carbonyl (C=O) groups excluding carboxylic acids is 3.